The molecular weight excluding hydrogens is 480 g/mol. The van der Waals surface area contributed by atoms with Gasteiger partial charge in [-0.25, -0.2) is 9.59 Å². The normalized spacial score (nSPS) is 23.3. The number of ether oxygens (including phenoxy) is 1. The van der Waals surface area contributed by atoms with Crippen LogP contribution in [-0.2, 0) is 19.1 Å². The number of aliphatic carboxylic acids is 1. The van der Waals surface area contributed by atoms with Crippen molar-refractivity contribution < 1.29 is 29.3 Å². The third kappa shape index (κ3) is 12.0. The summed E-state index contributed by atoms with van der Waals surface area (Å²) in [7, 11) is 0. The Morgan fingerprint density at radius 1 is 1.05 bits per heavy atom. The lowest BCUT2D eigenvalue weighted by atomic mass is 9.83. The molecule has 210 valence electrons. The molecule has 2 N–H and O–H groups in total. The maximum atomic E-state index is 12.9. The first kappa shape index (κ1) is 33.0. The van der Waals surface area contributed by atoms with Crippen LogP contribution in [0.25, 0.3) is 0 Å². The molecule has 0 bridgehead atoms. The third-order valence-corrected chi connectivity index (χ3v) is 6.81. The van der Waals surface area contributed by atoms with Crippen LogP contribution in [0.5, 0.6) is 0 Å². The molecule has 1 rings (SSSR count). The lowest BCUT2D eigenvalue weighted by Gasteiger charge is -2.25. The third-order valence-electron chi connectivity index (χ3n) is 6.81. The first-order valence-electron chi connectivity index (χ1n) is 13.4. The van der Waals surface area contributed by atoms with Gasteiger partial charge in [-0.15, -0.1) is 0 Å². The predicted molar refractivity (Wildman–Crippen MR) is 152 cm³/mol. The van der Waals surface area contributed by atoms with E-state index in [0.29, 0.717) is 17.9 Å². The molecule has 0 aromatic carbocycles. The smallest absolute Gasteiger partial charge is 0.331 e. The van der Waals surface area contributed by atoms with E-state index in [0.717, 1.165) is 23.6 Å². The minimum absolute atomic E-state index is 0.0378. The second-order valence-electron chi connectivity index (χ2n) is 10.9. The average Bonchev–Trinajstić information content (AvgIpc) is 2.82. The second kappa shape index (κ2) is 16.1. The van der Waals surface area contributed by atoms with E-state index in [1.54, 1.807) is 13.8 Å². The fourth-order valence-corrected chi connectivity index (χ4v) is 4.63. The van der Waals surface area contributed by atoms with E-state index in [1.165, 1.54) is 6.08 Å². The molecule has 6 heteroatoms. The van der Waals surface area contributed by atoms with Gasteiger partial charge < -0.3 is 14.9 Å². The van der Waals surface area contributed by atoms with Crippen LogP contribution in [0.4, 0.5) is 0 Å². The van der Waals surface area contributed by atoms with Crippen molar-refractivity contribution in [3.05, 3.63) is 71.4 Å². The van der Waals surface area contributed by atoms with Gasteiger partial charge in [-0.05, 0) is 51.5 Å². The number of Topliss-reactive ketones (excluding diaryl/α,β-unsaturated/α-hetero) is 1. The van der Waals surface area contributed by atoms with Crippen LogP contribution in [-0.4, -0.2) is 40.1 Å². The summed E-state index contributed by atoms with van der Waals surface area (Å²) in [5.74, 6) is -2.02. The number of carbonyl (C=O) groups is 3. The van der Waals surface area contributed by atoms with Gasteiger partial charge in [-0.1, -0.05) is 87.8 Å². The number of cyclic esters (lactones) is 1. The molecule has 0 unspecified atom stereocenters. The molecule has 0 aromatic rings. The molecular formula is C32H46O6. The monoisotopic (exact) mass is 526 g/mol. The molecule has 1 aliphatic heterocycles. The number of carboxylic acids is 1. The highest BCUT2D eigenvalue weighted by Gasteiger charge is 2.29. The molecule has 0 spiro atoms. The molecule has 0 aliphatic carbocycles. The van der Waals surface area contributed by atoms with Crippen molar-refractivity contribution >= 4 is 17.7 Å². The molecule has 38 heavy (non-hydrogen) atoms. The molecule has 0 radical (unpaired) electrons. The fourth-order valence-electron chi connectivity index (χ4n) is 4.63. The summed E-state index contributed by atoms with van der Waals surface area (Å²) in [6.07, 6.45) is 16.8. The summed E-state index contributed by atoms with van der Waals surface area (Å²) in [5, 5.41) is 19.5. The van der Waals surface area contributed by atoms with E-state index in [2.05, 4.69) is 19.1 Å². The quantitative estimate of drug-likeness (QED) is 0.154. The molecule has 1 aliphatic rings. The maximum absolute atomic E-state index is 12.9. The molecule has 0 fully saturated rings. The number of hydrogen-bond donors (Lipinski definition) is 2. The number of esters is 1. The SMILES string of the molecule is CC(=C[C@H](C)C/C=C/C(C)=C/[C@@H](C)C(=O)[C@@H](C)[C@H](O)[C@@H](C)C/C(C)=C/C(=O)O)/C=C/[C@@H]1OC(=O)C=C[C@@H]1C. The Kier molecular flexibility index (Phi) is 14.0. The number of ketones is 1. The van der Waals surface area contributed by atoms with Crippen LogP contribution in [0.2, 0.25) is 0 Å². The number of hydrogen-bond acceptors (Lipinski definition) is 5. The van der Waals surface area contributed by atoms with Crippen molar-refractivity contribution in [2.75, 3.05) is 0 Å². The summed E-state index contributed by atoms with van der Waals surface area (Å²) < 4.78 is 5.34. The number of aliphatic hydroxyl groups is 1. The number of carbonyl (C=O) groups excluding carboxylic acids is 2. The Balaban J connectivity index is 2.63. The summed E-state index contributed by atoms with van der Waals surface area (Å²) in [6, 6.07) is 0. The summed E-state index contributed by atoms with van der Waals surface area (Å²) in [6.45, 7) is 15.3. The largest absolute Gasteiger partial charge is 0.478 e. The summed E-state index contributed by atoms with van der Waals surface area (Å²) >= 11 is 0. The predicted octanol–water partition coefficient (Wildman–Crippen LogP) is 6.39. The van der Waals surface area contributed by atoms with Gasteiger partial charge in [0.05, 0.1) is 6.10 Å². The van der Waals surface area contributed by atoms with Crippen LogP contribution >= 0.6 is 0 Å². The van der Waals surface area contributed by atoms with Crippen LogP contribution in [0.15, 0.2) is 71.4 Å². The van der Waals surface area contributed by atoms with Crippen LogP contribution in [0, 0.1) is 29.6 Å². The van der Waals surface area contributed by atoms with E-state index in [1.807, 2.05) is 65.0 Å². The van der Waals surface area contributed by atoms with Crippen LogP contribution < -0.4 is 0 Å². The van der Waals surface area contributed by atoms with Crippen molar-refractivity contribution in [2.45, 2.75) is 80.4 Å². The molecule has 7 atom stereocenters. The number of allylic oxidation sites excluding steroid dienone is 8. The van der Waals surface area contributed by atoms with Gasteiger partial charge in [0, 0.05) is 29.9 Å². The van der Waals surface area contributed by atoms with E-state index in [4.69, 9.17) is 9.84 Å². The topological polar surface area (TPSA) is 101 Å². The zero-order chi connectivity index (χ0) is 29.0. The Morgan fingerprint density at radius 3 is 2.32 bits per heavy atom. The number of carboxylic acid groups (broad SMARTS) is 1. The van der Waals surface area contributed by atoms with E-state index in [9.17, 15) is 19.5 Å². The van der Waals surface area contributed by atoms with E-state index < -0.39 is 18.0 Å². The van der Waals surface area contributed by atoms with E-state index >= 15 is 0 Å². The van der Waals surface area contributed by atoms with Gasteiger partial charge >= 0.3 is 11.9 Å². The highest BCUT2D eigenvalue weighted by molar-refractivity contribution is 5.85. The molecule has 0 saturated heterocycles. The lowest BCUT2D eigenvalue weighted by Crippen LogP contribution is -2.34. The standard InChI is InChI=1S/C32H46O6/c1-20(16-22(3)12-14-28-24(5)13-15-30(35)38-28)10-9-11-21(2)17-25(6)31(36)27(8)32(37)26(7)18-23(4)19-29(33)34/h9,11-17,19-20,24-28,32,37H,10,18H2,1-8H3,(H,33,34)/b11-9+,14-12+,21-17+,22-16?,23-19+/t20-,24+,25-,26+,27-,28+,32-/m1/s1. The van der Waals surface area contributed by atoms with Gasteiger partial charge in [0.1, 0.15) is 11.9 Å². The lowest BCUT2D eigenvalue weighted by molar-refractivity contribution is -0.143. The Hall–Kier alpha value is -2.99. The molecule has 6 nitrogen and oxygen atoms in total. The van der Waals surface area contributed by atoms with Gasteiger partial charge in [-0.2, -0.15) is 0 Å². The van der Waals surface area contributed by atoms with Gasteiger partial charge in [0.15, 0.2) is 0 Å². The minimum atomic E-state index is -1.01. The number of aliphatic hydroxyl groups excluding tert-OH is 1. The van der Waals surface area contributed by atoms with Crippen molar-refractivity contribution in [1.29, 1.82) is 0 Å². The average molecular weight is 527 g/mol. The highest BCUT2D eigenvalue weighted by Crippen LogP contribution is 2.24. The zero-order valence-corrected chi connectivity index (χ0v) is 24.2. The minimum Gasteiger partial charge on any atom is -0.478 e. The van der Waals surface area contributed by atoms with Gasteiger partial charge in [0.25, 0.3) is 0 Å². The highest BCUT2D eigenvalue weighted by atomic mass is 16.5. The fraction of sp³-hybridized carbons (Fsp3) is 0.531. The number of rotatable bonds is 14. The Labute approximate surface area is 228 Å². The first-order chi connectivity index (χ1) is 17.7. The molecule has 1 heterocycles. The van der Waals surface area contributed by atoms with Gasteiger partial charge in [-0.3, -0.25) is 4.79 Å². The van der Waals surface area contributed by atoms with Crippen molar-refractivity contribution in [1.82, 2.24) is 0 Å². The molecule has 0 amide bonds. The first-order valence-corrected chi connectivity index (χ1v) is 13.4. The van der Waals surface area contributed by atoms with E-state index in [-0.39, 0.29) is 35.6 Å². The van der Waals surface area contributed by atoms with Crippen LogP contribution in [0.1, 0.15) is 68.2 Å². The molecule has 0 saturated carbocycles. The Morgan fingerprint density at radius 2 is 1.68 bits per heavy atom. The van der Waals surface area contributed by atoms with Crippen molar-refractivity contribution in [3.63, 3.8) is 0 Å². The maximum Gasteiger partial charge on any atom is 0.331 e. The summed E-state index contributed by atoms with van der Waals surface area (Å²) in [4.78, 5) is 35.2. The molecule has 0 aromatic heterocycles. The van der Waals surface area contributed by atoms with Crippen molar-refractivity contribution in [3.8, 4) is 0 Å². The van der Waals surface area contributed by atoms with Gasteiger partial charge in [0.2, 0.25) is 0 Å². The summed E-state index contributed by atoms with van der Waals surface area (Å²) in [5.41, 5.74) is 2.75. The Bertz CT molecular complexity index is 1010. The van der Waals surface area contributed by atoms with Crippen LogP contribution in [0.3, 0.4) is 0 Å². The zero-order valence-electron chi connectivity index (χ0n) is 24.2. The van der Waals surface area contributed by atoms with Crippen molar-refractivity contribution in [2.24, 2.45) is 29.6 Å². The second-order valence-corrected chi connectivity index (χ2v) is 10.9.